The summed E-state index contributed by atoms with van der Waals surface area (Å²) in [5, 5.41) is 8.65. The first kappa shape index (κ1) is 8.86. The van der Waals surface area contributed by atoms with Crippen LogP contribution in [-0.4, -0.2) is 11.1 Å². The summed E-state index contributed by atoms with van der Waals surface area (Å²) in [7, 11) is 0. The van der Waals surface area contributed by atoms with E-state index in [1.807, 2.05) is 22.6 Å². The Labute approximate surface area is 83.2 Å². The number of carbonyl (C=O) groups is 1. The van der Waals surface area contributed by atoms with Crippen molar-refractivity contribution in [1.29, 1.82) is 0 Å². The smallest absolute Gasteiger partial charge is 0.336 e. The van der Waals surface area contributed by atoms with Crippen LogP contribution in [0.5, 0.6) is 0 Å². The molecule has 0 radical (unpaired) electrons. The normalized spacial score (nSPS) is 9.64. The number of thiol groups is 1. The molecule has 1 aromatic carbocycles. The van der Waals surface area contributed by atoms with Crippen molar-refractivity contribution >= 4 is 41.2 Å². The molecule has 0 saturated carbocycles. The first-order chi connectivity index (χ1) is 5.11. The van der Waals surface area contributed by atoms with Gasteiger partial charge in [-0.25, -0.2) is 4.79 Å². The molecule has 0 aliphatic rings. The number of rotatable bonds is 1. The number of hydrogen-bond donors (Lipinski definition) is 2. The molecule has 0 saturated heterocycles. The highest BCUT2D eigenvalue weighted by atomic mass is 127. The van der Waals surface area contributed by atoms with Gasteiger partial charge in [-0.15, -0.1) is 12.6 Å². The molecule has 1 N–H and O–H groups in total. The van der Waals surface area contributed by atoms with Gasteiger partial charge in [-0.1, -0.05) is 0 Å². The molecular formula is C7H5IO2S. The van der Waals surface area contributed by atoms with Gasteiger partial charge in [-0.2, -0.15) is 0 Å². The lowest BCUT2D eigenvalue weighted by Gasteiger charge is -1.98. The largest absolute Gasteiger partial charge is 0.478 e. The zero-order chi connectivity index (χ0) is 8.43. The average Bonchev–Trinajstić information content (AvgIpc) is 1.94. The Balaban J connectivity index is 3.23. The van der Waals surface area contributed by atoms with Gasteiger partial charge in [0.15, 0.2) is 0 Å². The third kappa shape index (κ3) is 2.10. The molecule has 1 aromatic rings. The van der Waals surface area contributed by atoms with E-state index in [2.05, 4.69) is 12.6 Å². The predicted octanol–water partition coefficient (Wildman–Crippen LogP) is 2.28. The highest BCUT2D eigenvalue weighted by Crippen LogP contribution is 2.16. The number of carboxylic acids is 1. The number of aromatic carboxylic acids is 1. The summed E-state index contributed by atoms with van der Waals surface area (Å²) >= 11 is 6.01. The lowest BCUT2D eigenvalue weighted by atomic mass is 10.2. The van der Waals surface area contributed by atoms with Gasteiger partial charge >= 0.3 is 5.97 Å². The Bertz CT molecular complexity index is 298. The first-order valence-corrected chi connectivity index (χ1v) is 4.35. The van der Waals surface area contributed by atoms with Crippen LogP contribution in [0.25, 0.3) is 0 Å². The van der Waals surface area contributed by atoms with E-state index in [1.165, 1.54) is 6.07 Å². The Morgan fingerprint density at radius 3 is 2.64 bits per heavy atom. The molecular weight excluding hydrogens is 275 g/mol. The fourth-order valence-electron chi connectivity index (χ4n) is 0.677. The molecule has 0 fully saturated rings. The zero-order valence-electron chi connectivity index (χ0n) is 5.41. The molecule has 11 heavy (non-hydrogen) atoms. The van der Waals surface area contributed by atoms with Crippen LogP contribution in [0.15, 0.2) is 23.1 Å². The maximum Gasteiger partial charge on any atom is 0.336 e. The van der Waals surface area contributed by atoms with E-state index in [4.69, 9.17) is 5.11 Å². The molecule has 58 valence electrons. The van der Waals surface area contributed by atoms with Gasteiger partial charge in [0.05, 0.1) is 5.56 Å². The quantitative estimate of drug-likeness (QED) is 0.611. The summed E-state index contributed by atoms with van der Waals surface area (Å²) in [5.41, 5.74) is 0.304. The van der Waals surface area contributed by atoms with E-state index < -0.39 is 5.97 Å². The van der Waals surface area contributed by atoms with E-state index in [0.717, 1.165) is 3.57 Å². The molecule has 0 amide bonds. The van der Waals surface area contributed by atoms with Crippen LogP contribution in [0.4, 0.5) is 0 Å². The van der Waals surface area contributed by atoms with Crippen molar-refractivity contribution in [3.05, 3.63) is 27.3 Å². The highest BCUT2D eigenvalue weighted by molar-refractivity contribution is 14.1. The summed E-state index contributed by atoms with van der Waals surface area (Å²) in [4.78, 5) is 11.2. The minimum atomic E-state index is -0.912. The monoisotopic (exact) mass is 280 g/mol. The number of carboxylic acid groups (broad SMARTS) is 1. The minimum absolute atomic E-state index is 0.304. The van der Waals surface area contributed by atoms with E-state index in [-0.39, 0.29) is 0 Å². The Kier molecular flexibility index (Phi) is 2.78. The van der Waals surface area contributed by atoms with E-state index in [1.54, 1.807) is 12.1 Å². The second-order valence-electron chi connectivity index (χ2n) is 1.97. The number of halogens is 1. The summed E-state index contributed by atoms with van der Waals surface area (Å²) in [6.07, 6.45) is 0. The van der Waals surface area contributed by atoms with Crippen LogP contribution in [-0.2, 0) is 0 Å². The van der Waals surface area contributed by atoms with Gasteiger partial charge in [0.1, 0.15) is 0 Å². The van der Waals surface area contributed by atoms with Gasteiger partial charge < -0.3 is 5.11 Å². The first-order valence-electron chi connectivity index (χ1n) is 2.83. The fourth-order valence-corrected chi connectivity index (χ4v) is 1.45. The molecule has 0 aromatic heterocycles. The molecule has 0 bridgehead atoms. The summed E-state index contributed by atoms with van der Waals surface area (Å²) < 4.78 is 0.730. The van der Waals surface area contributed by atoms with Crippen LogP contribution in [0.1, 0.15) is 10.4 Å². The van der Waals surface area contributed by atoms with Crippen molar-refractivity contribution in [2.45, 2.75) is 4.90 Å². The van der Waals surface area contributed by atoms with Crippen molar-refractivity contribution in [3.8, 4) is 0 Å². The third-order valence-corrected chi connectivity index (χ3v) is 2.40. The fraction of sp³-hybridized carbons (Fsp3) is 0. The van der Waals surface area contributed by atoms with E-state index in [0.29, 0.717) is 10.5 Å². The molecule has 2 nitrogen and oxygen atoms in total. The second-order valence-corrected chi connectivity index (χ2v) is 3.65. The van der Waals surface area contributed by atoms with Gasteiger partial charge in [0.25, 0.3) is 0 Å². The van der Waals surface area contributed by atoms with E-state index >= 15 is 0 Å². The molecule has 0 heterocycles. The molecule has 0 unspecified atom stereocenters. The summed E-state index contributed by atoms with van der Waals surface area (Å²) in [5.74, 6) is -0.912. The van der Waals surface area contributed by atoms with Crippen LogP contribution in [0.2, 0.25) is 0 Å². The maximum absolute atomic E-state index is 10.5. The molecule has 0 aliphatic carbocycles. The lowest BCUT2D eigenvalue weighted by Crippen LogP contribution is -1.98. The predicted molar refractivity (Wildman–Crippen MR) is 53.4 cm³/mol. The molecule has 1 rings (SSSR count). The van der Waals surface area contributed by atoms with Crippen molar-refractivity contribution in [2.24, 2.45) is 0 Å². The zero-order valence-corrected chi connectivity index (χ0v) is 8.46. The molecule has 0 aliphatic heterocycles. The van der Waals surface area contributed by atoms with Crippen molar-refractivity contribution in [1.82, 2.24) is 0 Å². The Morgan fingerprint density at radius 1 is 1.55 bits per heavy atom. The summed E-state index contributed by atoms with van der Waals surface area (Å²) in [6.45, 7) is 0. The van der Waals surface area contributed by atoms with E-state index in [9.17, 15) is 4.79 Å². The van der Waals surface area contributed by atoms with Crippen LogP contribution in [0, 0.1) is 3.57 Å². The van der Waals surface area contributed by atoms with Crippen molar-refractivity contribution in [2.75, 3.05) is 0 Å². The average molecular weight is 280 g/mol. The van der Waals surface area contributed by atoms with Crippen LogP contribution < -0.4 is 0 Å². The number of hydrogen-bond acceptors (Lipinski definition) is 2. The van der Waals surface area contributed by atoms with Crippen molar-refractivity contribution < 1.29 is 9.90 Å². The molecule has 0 atom stereocenters. The van der Waals surface area contributed by atoms with Gasteiger partial charge in [-0.05, 0) is 40.8 Å². The Hall–Kier alpha value is -0.230. The minimum Gasteiger partial charge on any atom is -0.478 e. The van der Waals surface area contributed by atoms with Gasteiger partial charge in [0.2, 0.25) is 0 Å². The lowest BCUT2D eigenvalue weighted by molar-refractivity contribution is 0.0695. The Morgan fingerprint density at radius 2 is 2.18 bits per heavy atom. The molecule has 0 spiro atoms. The van der Waals surface area contributed by atoms with Crippen LogP contribution >= 0.6 is 35.2 Å². The van der Waals surface area contributed by atoms with Gasteiger partial charge in [-0.3, -0.25) is 0 Å². The maximum atomic E-state index is 10.5. The van der Waals surface area contributed by atoms with Gasteiger partial charge in [0, 0.05) is 8.47 Å². The third-order valence-electron chi connectivity index (χ3n) is 1.18. The topological polar surface area (TPSA) is 37.3 Å². The standard InChI is InChI=1S/C7H5IO2S/c8-6-2-1-4(11)3-5(6)7(9)10/h1-3,11H,(H,9,10). The van der Waals surface area contributed by atoms with Crippen molar-refractivity contribution in [3.63, 3.8) is 0 Å². The van der Waals surface area contributed by atoms with Crippen LogP contribution in [0.3, 0.4) is 0 Å². The molecule has 4 heteroatoms. The summed E-state index contributed by atoms with van der Waals surface area (Å²) in [6, 6.07) is 5.02. The SMILES string of the molecule is O=C(O)c1cc(S)ccc1I. The highest BCUT2D eigenvalue weighted by Gasteiger charge is 2.06. The number of benzene rings is 1. The second kappa shape index (κ2) is 3.44.